The fourth-order valence-electron chi connectivity index (χ4n) is 2.66. The lowest BCUT2D eigenvalue weighted by atomic mass is 9.99. The minimum absolute atomic E-state index is 0.00855. The van der Waals surface area contributed by atoms with E-state index in [0.717, 1.165) is 11.8 Å². The lowest BCUT2D eigenvalue weighted by molar-refractivity contribution is -0.139. The van der Waals surface area contributed by atoms with Gasteiger partial charge in [-0.15, -0.1) is 0 Å². The maximum Gasteiger partial charge on any atom is 0.341 e. The summed E-state index contributed by atoms with van der Waals surface area (Å²) in [4.78, 5) is 14.4. The molecule has 0 spiro atoms. The predicted octanol–water partition coefficient (Wildman–Crippen LogP) is 4.95. The summed E-state index contributed by atoms with van der Waals surface area (Å²) >= 11 is 12.6. The highest BCUT2D eigenvalue weighted by Crippen LogP contribution is 2.35. The number of aromatic hydroxyl groups is 1. The predicted molar refractivity (Wildman–Crippen MR) is 104 cm³/mol. The van der Waals surface area contributed by atoms with Gasteiger partial charge in [-0.3, -0.25) is 4.98 Å². The van der Waals surface area contributed by atoms with Crippen molar-refractivity contribution in [1.29, 1.82) is 0 Å². The molecule has 3 rings (SSSR count). The van der Waals surface area contributed by atoms with Gasteiger partial charge in [0.1, 0.15) is 17.3 Å². The quantitative estimate of drug-likeness (QED) is 0.588. The Kier molecular flexibility index (Phi) is 6.02. The van der Waals surface area contributed by atoms with Crippen LogP contribution in [0.5, 0.6) is 11.5 Å². The van der Waals surface area contributed by atoms with Crippen molar-refractivity contribution in [3.05, 3.63) is 75.8 Å². The number of rotatable bonds is 6. The van der Waals surface area contributed by atoms with E-state index in [1.54, 1.807) is 12.1 Å². The van der Waals surface area contributed by atoms with E-state index in [2.05, 4.69) is 4.98 Å². The molecule has 0 aliphatic heterocycles. The van der Waals surface area contributed by atoms with Gasteiger partial charge >= 0.3 is 5.97 Å². The van der Waals surface area contributed by atoms with Crippen LogP contribution in [0.25, 0.3) is 11.1 Å². The molecule has 28 heavy (non-hydrogen) atoms. The summed E-state index contributed by atoms with van der Waals surface area (Å²) in [5.74, 6) is -1.38. The number of nitrogens with zero attached hydrogens (tertiary/aromatic N) is 1. The van der Waals surface area contributed by atoms with Gasteiger partial charge in [-0.25, -0.2) is 9.18 Å². The van der Waals surface area contributed by atoms with E-state index in [1.165, 1.54) is 30.5 Å². The highest BCUT2D eigenvalue weighted by molar-refractivity contribution is 6.36. The smallest absolute Gasteiger partial charge is 0.341 e. The number of hydrogen-bond donors (Lipinski definition) is 2. The van der Waals surface area contributed by atoms with Crippen LogP contribution >= 0.6 is 23.2 Å². The fraction of sp³-hybridized carbons (Fsp3) is 0.100. The zero-order valence-electron chi connectivity index (χ0n) is 14.3. The number of phenolic OH excluding ortho intramolecular Hbond substituents is 1. The summed E-state index contributed by atoms with van der Waals surface area (Å²) in [5.41, 5.74) is 2.26. The molecule has 0 unspecified atom stereocenters. The van der Waals surface area contributed by atoms with Crippen molar-refractivity contribution in [2.24, 2.45) is 0 Å². The second-order valence-corrected chi connectivity index (χ2v) is 6.78. The van der Waals surface area contributed by atoms with Crippen LogP contribution in [0.1, 0.15) is 11.1 Å². The zero-order chi connectivity index (χ0) is 20.3. The Morgan fingerprint density at radius 2 is 1.82 bits per heavy atom. The summed E-state index contributed by atoms with van der Waals surface area (Å²) in [7, 11) is 0. The highest BCUT2D eigenvalue weighted by Gasteiger charge is 2.13. The van der Waals surface area contributed by atoms with Crippen molar-refractivity contribution in [2.75, 3.05) is 6.61 Å². The van der Waals surface area contributed by atoms with Crippen LogP contribution in [0.15, 0.2) is 48.8 Å². The number of aromatic nitrogens is 1. The molecule has 3 aromatic rings. The van der Waals surface area contributed by atoms with Crippen molar-refractivity contribution in [3.63, 3.8) is 0 Å². The van der Waals surface area contributed by atoms with Crippen LogP contribution in [-0.4, -0.2) is 27.8 Å². The molecule has 0 atom stereocenters. The van der Waals surface area contributed by atoms with Gasteiger partial charge in [0.2, 0.25) is 0 Å². The third-order valence-corrected chi connectivity index (χ3v) is 4.61. The summed E-state index contributed by atoms with van der Waals surface area (Å²) in [6, 6.07) is 9.16. The number of carboxylic acids is 1. The first-order valence-corrected chi connectivity index (χ1v) is 8.84. The molecule has 0 fully saturated rings. The number of hydrogen-bond acceptors (Lipinski definition) is 4. The van der Waals surface area contributed by atoms with Crippen LogP contribution < -0.4 is 4.74 Å². The number of ether oxygens (including phenoxy) is 1. The Bertz CT molecular complexity index is 1020. The molecule has 0 saturated heterocycles. The average Bonchev–Trinajstić information content (AvgIpc) is 2.64. The first-order valence-electron chi connectivity index (χ1n) is 8.09. The SMILES string of the molecule is O=C(O)COc1cc(Cl)c(Cc2ccc(O)c(-c3cncc(F)c3)c2)c(Cl)c1. The molecule has 2 aromatic carbocycles. The Morgan fingerprint density at radius 3 is 2.46 bits per heavy atom. The number of carbonyl (C=O) groups is 1. The van der Waals surface area contributed by atoms with E-state index < -0.39 is 18.4 Å². The van der Waals surface area contributed by atoms with E-state index in [-0.39, 0.29) is 11.5 Å². The van der Waals surface area contributed by atoms with Gasteiger partial charge < -0.3 is 14.9 Å². The maximum atomic E-state index is 13.5. The highest BCUT2D eigenvalue weighted by atomic mass is 35.5. The number of pyridine rings is 1. The number of halogens is 3. The number of aliphatic carboxylic acids is 1. The van der Waals surface area contributed by atoms with Crippen LogP contribution in [0, 0.1) is 5.82 Å². The minimum atomic E-state index is -1.11. The minimum Gasteiger partial charge on any atom is -0.507 e. The molecule has 1 heterocycles. The van der Waals surface area contributed by atoms with Gasteiger partial charge in [-0.05, 0) is 41.5 Å². The van der Waals surface area contributed by atoms with Gasteiger partial charge in [-0.1, -0.05) is 29.3 Å². The summed E-state index contributed by atoms with van der Waals surface area (Å²) in [6.07, 6.45) is 2.88. The largest absolute Gasteiger partial charge is 0.507 e. The van der Waals surface area contributed by atoms with E-state index in [9.17, 15) is 14.3 Å². The topological polar surface area (TPSA) is 79.7 Å². The Morgan fingerprint density at radius 1 is 1.11 bits per heavy atom. The van der Waals surface area contributed by atoms with Crippen molar-refractivity contribution in [1.82, 2.24) is 4.98 Å². The van der Waals surface area contributed by atoms with Gasteiger partial charge in [-0.2, -0.15) is 0 Å². The molecule has 0 aliphatic carbocycles. The normalized spacial score (nSPS) is 10.7. The van der Waals surface area contributed by atoms with E-state index in [1.807, 2.05) is 0 Å². The Hall–Kier alpha value is -2.83. The van der Waals surface area contributed by atoms with E-state index in [4.69, 9.17) is 33.0 Å². The Balaban J connectivity index is 1.90. The maximum absolute atomic E-state index is 13.5. The summed E-state index contributed by atoms with van der Waals surface area (Å²) in [6.45, 7) is -0.505. The fourth-order valence-corrected chi connectivity index (χ4v) is 3.27. The summed E-state index contributed by atoms with van der Waals surface area (Å²) in [5, 5.41) is 19.4. The second kappa shape index (κ2) is 8.46. The number of carboxylic acid groups (broad SMARTS) is 1. The lowest BCUT2D eigenvalue weighted by Gasteiger charge is -2.12. The average molecular weight is 422 g/mol. The van der Waals surface area contributed by atoms with Crippen molar-refractivity contribution in [2.45, 2.75) is 6.42 Å². The van der Waals surface area contributed by atoms with Crippen LogP contribution in [-0.2, 0) is 11.2 Å². The molecule has 5 nitrogen and oxygen atoms in total. The van der Waals surface area contributed by atoms with Crippen molar-refractivity contribution >= 4 is 29.2 Å². The Labute approximate surface area is 169 Å². The third-order valence-electron chi connectivity index (χ3n) is 3.93. The molecule has 0 aliphatic rings. The summed E-state index contributed by atoms with van der Waals surface area (Å²) < 4.78 is 18.6. The van der Waals surface area contributed by atoms with Gasteiger partial charge in [0, 0.05) is 33.8 Å². The molecule has 0 amide bonds. The van der Waals surface area contributed by atoms with Gasteiger partial charge in [0.25, 0.3) is 0 Å². The molecule has 144 valence electrons. The van der Waals surface area contributed by atoms with E-state index in [0.29, 0.717) is 33.2 Å². The van der Waals surface area contributed by atoms with Gasteiger partial charge in [0.15, 0.2) is 6.61 Å². The first-order chi connectivity index (χ1) is 13.3. The first kappa shape index (κ1) is 19.9. The van der Waals surface area contributed by atoms with Crippen LogP contribution in [0.4, 0.5) is 4.39 Å². The number of benzene rings is 2. The van der Waals surface area contributed by atoms with E-state index >= 15 is 0 Å². The van der Waals surface area contributed by atoms with Crippen LogP contribution in [0.3, 0.4) is 0 Å². The van der Waals surface area contributed by atoms with Gasteiger partial charge in [0.05, 0.1) is 6.20 Å². The monoisotopic (exact) mass is 421 g/mol. The van der Waals surface area contributed by atoms with Crippen molar-refractivity contribution < 1.29 is 24.1 Å². The lowest BCUT2D eigenvalue weighted by Crippen LogP contribution is -2.09. The second-order valence-electron chi connectivity index (χ2n) is 5.97. The molecule has 0 saturated carbocycles. The van der Waals surface area contributed by atoms with Crippen molar-refractivity contribution in [3.8, 4) is 22.6 Å². The molecular formula is C20H14Cl2FNO4. The zero-order valence-corrected chi connectivity index (χ0v) is 15.8. The molecule has 2 N–H and O–H groups in total. The molecule has 0 bridgehead atoms. The third kappa shape index (κ3) is 4.71. The standard InChI is InChI=1S/C20H14Cl2FNO4/c21-17-6-14(28-10-20(26)27)7-18(22)16(17)4-11-1-2-19(25)15(3-11)12-5-13(23)9-24-8-12/h1-3,5-9,25H,4,10H2,(H,26,27). The molecular weight excluding hydrogens is 408 g/mol. The molecule has 1 aromatic heterocycles. The van der Waals surface area contributed by atoms with Crippen LogP contribution in [0.2, 0.25) is 10.0 Å². The molecule has 8 heteroatoms. The number of phenols is 1. The molecule has 0 radical (unpaired) electrons.